The predicted molar refractivity (Wildman–Crippen MR) is 114 cm³/mol. The molecule has 2 amide bonds. The zero-order valence-corrected chi connectivity index (χ0v) is 17.8. The first-order chi connectivity index (χ1) is 14.3. The first-order valence-electron chi connectivity index (χ1n) is 9.63. The Morgan fingerprint density at radius 3 is 2.53 bits per heavy atom. The maximum Gasteiger partial charge on any atom is 0.313 e. The molecular formula is C21H25N3O5S. The molecule has 1 aliphatic heterocycles. The molecule has 2 aromatic rings. The largest absolute Gasteiger partial charge is 0.383 e. The summed E-state index contributed by atoms with van der Waals surface area (Å²) in [7, 11) is -2.25. The normalized spacial score (nSPS) is 13.5. The summed E-state index contributed by atoms with van der Waals surface area (Å²) in [5, 5.41) is 4.97. The summed E-state index contributed by atoms with van der Waals surface area (Å²) in [5.41, 5.74) is 2.72. The quantitative estimate of drug-likeness (QED) is 0.536. The molecule has 0 saturated carbocycles. The minimum absolute atomic E-state index is 0.216. The van der Waals surface area contributed by atoms with E-state index in [1.165, 1.54) is 11.4 Å². The van der Waals surface area contributed by atoms with Crippen molar-refractivity contribution in [3.63, 3.8) is 0 Å². The lowest BCUT2D eigenvalue weighted by Crippen LogP contribution is -2.37. The summed E-state index contributed by atoms with van der Waals surface area (Å²) < 4.78 is 32.6. The van der Waals surface area contributed by atoms with Crippen LogP contribution < -0.4 is 14.9 Å². The number of carbonyl (C=O) groups is 2. The van der Waals surface area contributed by atoms with Gasteiger partial charge in [-0.15, -0.1) is 0 Å². The fourth-order valence-electron chi connectivity index (χ4n) is 3.24. The molecule has 0 unspecified atom stereocenters. The second-order valence-corrected chi connectivity index (χ2v) is 8.90. The number of nitrogens with one attached hydrogen (secondary N) is 2. The maximum absolute atomic E-state index is 13.2. The first kappa shape index (κ1) is 21.8. The second kappa shape index (κ2) is 9.27. The van der Waals surface area contributed by atoms with E-state index in [1.54, 1.807) is 42.5 Å². The molecule has 1 heterocycles. The molecule has 0 fully saturated rings. The third-order valence-corrected chi connectivity index (χ3v) is 6.65. The van der Waals surface area contributed by atoms with Gasteiger partial charge in [0.2, 0.25) is 0 Å². The fourth-order valence-corrected chi connectivity index (χ4v) is 4.77. The van der Waals surface area contributed by atoms with Gasteiger partial charge in [0.25, 0.3) is 10.0 Å². The van der Waals surface area contributed by atoms with Gasteiger partial charge in [0.15, 0.2) is 0 Å². The molecule has 0 aromatic heterocycles. The Hall–Kier alpha value is -2.91. The predicted octanol–water partition coefficient (Wildman–Crippen LogP) is 1.84. The summed E-state index contributed by atoms with van der Waals surface area (Å²) in [5.74, 6) is -1.61. The van der Waals surface area contributed by atoms with Crippen LogP contribution in [0.25, 0.3) is 0 Å². The van der Waals surface area contributed by atoms with Crippen molar-refractivity contribution in [2.45, 2.75) is 24.7 Å². The molecule has 8 nitrogen and oxygen atoms in total. The van der Waals surface area contributed by atoms with Crippen molar-refractivity contribution in [1.82, 2.24) is 5.32 Å². The zero-order valence-electron chi connectivity index (χ0n) is 17.0. The third kappa shape index (κ3) is 4.80. The number of rotatable bonds is 6. The number of benzene rings is 2. The highest BCUT2D eigenvalue weighted by atomic mass is 32.2. The van der Waals surface area contributed by atoms with E-state index in [4.69, 9.17) is 4.74 Å². The Bertz CT molecular complexity index is 1040. The molecule has 2 aromatic carbocycles. The van der Waals surface area contributed by atoms with Crippen molar-refractivity contribution < 1.29 is 22.7 Å². The van der Waals surface area contributed by atoms with Crippen LogP contribution in [0.4, 0.5) is 11.4 Å². The molecule has 0 aliphatic carbocycles. The number of nitrogens with zero attached hydrogens (tertiary/aromatic N) is 1. The summed E-state index contributed by atoms with van der Waals surface area (Å²) >= 11 is 0. The minimum atomic E-state index is -3.74. The molecule has 0 spiro atoms. The monoisotopic (exact) mass is 431 g/mol. The van der Waals surface area contributed by atoms with Crippen molar-refractivity contribution in [2.75, 3.05) is 36.4 Å². The van der Waals surface area contributed by atoms with E-state index in [0.717, 1.165) is 17.5 Å². The van der Waals surface area contributed by atoms with Crippen LogP contribution in [0.1, 0.15) is 17.5 Å². The minimum Gasteiger partial charge on any atom is -0.383 e. The van der Waals surface area contributed by atoms with Gasteiger partial charge in [-0.1, -0.05) is 23.8 Å². The van der Waals surface area contributed by atoms with Crippen molar-refractivity contribution >= 4 is 33.2 Å². The van der Waals surface area contributed by atoms with Gasteiger partial charge in [-0.2, -0.15) is 0 Å². The molecule has 9 heteroatoms. The van der Waals surface area contributed by atoms with Crippen LogP contribution in [0, 0.1) is 6.92 Å². The number of fused-ring (bicyclic) bond motifs is 1. The van der Waals surface area contributed by atoms with Gasteiger partial charge in [0, 0.05) is 25.9 Å². The molecule has 0 saturated heterocycles. The highest BCUT2D eigenvalue weighted by molar-refractivity contribution is 7.92. The Labute approximate surface area is 176 Å². The molecule has 0 bridgehead atoms. The van der Waals surface area contributed by atoms with Crippen LogP contribution in [0.5, 0.6) is 0 Å². The molecule has 1 aliphatic rings. The molecule has 2 N–H and O–H groups in total. The fraction of sp³-hybridized carbons (Fsp3) is 0.333. The number of amides is 2. The van der Waals surface area contributed by atoms with E-state index in [1.807, 2.05) is 6.92 Å². The standard InChI is InChI=1S/C21H25N3O5S/c1-15-5-9-18(10-6-15)30(27,28)24-12-3-4-16-7-8-17(14-19(16)24)23-21(26)20(25)22-11-13-29-2/h5-10,14H,3-4,11-13H2,1-2H3,(H,22,25)(H,23,26). The number of carbonyl (C=O) groups excluding carboxylic acids is 2. The Morgan fingerprint density at radius 1 is 1.10 bits per heavy atom. The van der Waals surface area contributed by atoms with Crippen LogP contribution in [0.15, 0.2) is 47.4 Å². The first-order valence-corrected chi connectivity index (χ1v) is 11.1. The third-order valence-electron chi connectivity index (χ3n) is 4.83. The number of anilines is 2. The number of methoxy groups -OCH3 is 1. The van der Waals surface area contributed by atoms with Gasteiger partial charge in [0.05, 0.1) is 17.2 Å². The van der Waals surface area contributed by atoms with E-state index in [9.17, 15) is 18.0 Å². The molecule has 0 radical (unpaired) electrons. The van der Waals surface area contributed by atoms with E-state index >= 15 is 0 Å². The Morgan fingerprint density at radius 2 is 1.83 bits per heavy atom. The number of hydrogen-bond donors (Lipinski definition) is 2. The van der Waals surface area contributed by atoms with E-state index in [2.05, 4.69) is 10.6 Å². The molecule has 0 atom stereocenters. The average Bonchev–Trinajstić information content (AvgIpc) is 2.73. The highest BCUT2D eigenvalue weighted by Crippen LogP contribution is 2.34. The number of hydrogen-bond acceptors (Lipinski definition) is 5. The van der Waals surface area contributed by atoms with Gasteiger partial charge in [-0.05, 0) is 49.6 Å². The second-order valence-electron chi connectivity index (χ2n) is 7.04. The van der Waals surface area contributed by atoms with Crippen LogP contribution in [0.2, 0.25) is 0 Å². The van der Waals surface area contributed by atoms with Gasteiger partial charge < -0.3 is 15.4 Å². The highest BCUT2D eigenvalue weighted by Gasteiger charge is 2.29. The van der Waals surface area contributed by atoms with Crippen molar-refractivity contribution in [2.24, 2.45) is 0 Å². The van der Waals surface area contributed by atoms with E-state index < -0.39 is 21.8 Å². The average molecular weight is 432 g/mol. The smallest absolute Gasteiger partial charge is 0.313 e. The summed E-state index contributed by atoms with van der Waals surface area (Å²) in [6.45, 7) is 2.75. The van der Waals surface area contributed by atoms with Gasteiger partial charge in [0.1, 0.15) is 0 Å². The molecule has 30 heavy (non-hydrogen) atoms. The zero-order chi connectivity index (χ0) is 21.7. The van der Waals surface area contributed by atoms with Gasteiger partial charge >= 0.3 is 11.8 Å². The maximum atomic E-state index is 13.2. The van der Waals surface area contributed by atoms with Gasteiger partial charge in [-0.3, -0.25) is 13.9 Å². The lowest BCUT2D eigenvalue weighted by Gasteiger charge is -2.31. The SMILES string of the molecule is COCCNC(=O)C(=O)Nc1ccc2c(c1)N(S(=O)(=O)c1ccc(C)cc1)CCC2. The lowest BCUT2D eigenvalue weighted by molar-refractivity contribution is -0.136. The van der Waals surface area contributed by atoms with Crippen LogP contribution >= 0.6 is 0 Å². The Balaban J connectivity index is 1.83. The summed E-state index contributed by atoms with van der Waals surface area (Å²) in [6.07, 6.45) is 1.44. The Kier molecular flexibility index (Phi) is 6.73. The van der Waals surface area contributed by atoms with Crippen LogP contribution in [-0.2, 0) is 30.8 Å². The number of aryl methyl sites for hydroxylation is 2. The van der Waals surface area contributed by atoms with Crippen molar-refractivity contribution in [3.05, 3.63) is 53.6 Å². The number of ether oxygens (including phenoxy) is 1. The van der Waals surface area contributed by atoms with Crippen molar-refractivity contribution in [3.8, 4) is 0 Å². The molecule has 160 valence electrons. The number of sulfonamides is 1. The van der Waals surface area contributed by atoms with Crippen molar-refractivity contribution in [1.29, 1.82) is 0 Å². The molecular weight excluding hydrogens is 406 g/mol. The van der Waals surface area contributed by atoms with Crippen LogP contribution in [0.3, 0.4) is 0 Å². The van der Waals surface area contributed by atoms with Crippen LogP contribution in [-0.4, -0.2) is 47.0 Å². The van der Waals surface area contributed by atoms with E-state index in [-0.39, 0.29) is 11.4 Å². The summed E-state index contributed by atoms with van der Waals surface area (Å²) in [4.78, 5) is 24.2. The summed E-state index contributed by atoms with van der Waals surface area (Å²) in [6, 6.07) is 11.8. The van der Waals surface area contributed by atoms with Gasteiger partial charge in [-0.25, -0.2) is 8.42 Å². The van der Waals surface area contributed by atoms with E-state index in [0.29, 0.717) is 30.9 Å². The lowest BCUT2D eigenvalue weighted by atomic mass is 10.0. The molecule has 3 rings (SSSR count). The topological polar surface area (TPSA) is 105 Å².